The molecule has 2 aromatic heterocycles. The van der Waals surface area contributed by atoms with Gasteiger partial charge >= 0.3 is 6.03 Å². The third-order valence-electron chi connectivity index (χ3n) is 6.61. The van der Waals surface area contributed by atoms with Crippen LogP contribution in [0.3, 0.4) is 0 Å². The second-order valence-corrected chi connectivity index (χ2v) is 8.47. The van der Waals surface area contributed by atoms with Gasteiger partial charge in [-0.15, -0.1) is 0 Å². The summed E-state index contributed by atoms with van der Waals surface area (Å²) in [5.41, 5.74) is 4.41. The van der Waals surface area contributed by atoms with E-state index in [-0.39, 0.29) is 18.0 Å². The number of H-pyrrole nitrogens is 1. The summed E-state index contributed by atoms with van der Waals surface area (Å²) in [5.74, 6) is 0.108. The third-order valence-corrected chi connectivity index (χ3v) is 6.61. The van der Waals surface area contributed by atoms with Crippen molar-refractivity contribution in [2.24, 2.45) is 7.05 Å². The Morgan fingerprint density at radius 1 is 1.16 bits per heavy atom. The van der Waals surface area contributed by atoms with Gasteiger partial charge in [0.1, 0.15) is 0 Å². The van der Waals surface area contributed by atoms with Gasteiger partial charge in [-0.1, -0.05) is 18.2 Å². The van der Waals surface area contributed by atoms with Crippen molar-refractivity contribution in [2.45, 2.75) is 31.7 Å². The fourth-order valence-corrected chi connectivity index (χ4v) is 4.81. The fourth-order valence-electron chi connectivity index (χ4n) is 4.81. The van der Waals surface area contributed by atoms with Crippen LogP contribution in [0.5, 0.6) is 0 Å². The molecule has 0 unspecified atom stereocenters. The molecule has 8 heteroatoms. The van der Waals surface area contributed by atoms with E-state index in [9.17, 15) is 9.59 Å². The highest BCUT2D eigenvalue weighted by Crippen LogP contribution is 2.29. The van der Waals surface area contributed by atoms with Crippen LogP contribution in [-0.2, 0) is 24.7 Å². The van der Waals surface area contributed by atoms with Crippen LogP contribution < -0.4 is 5.32 Å². The highest BCUT2D eigenvalue weighted by atomic mass is 16.2. The van der Waals surface area contributed by atoms with Crippen LogP contribution in [-0.4, -0.2) is 62.7 Å². The molecule has 3 heterocycles. The van der Waals surface area contributed by atoms with E-state index in [4.69, 9.17) is 0 Å². The van der Waals surface area contributed by atoms with E-state index in [1.807, 2.05) is 58.2 Å². The number of hydrogen-bond donors (Lipinski definition) is 2. The average Bonchev–Trinajstić information content (AvgIpc) is 3.38. The fraction of sp³-hybridized carbons (Fsp3) is 0.435. The lowest BCUT2D eigenvalue weighted by atomic mass is 9.93. The number of para-hydroxylation sites is 1. The van der Waals surface area contributed by atoms with E-state index >= 15 is 0 Å². The maximum Gasteiger partial charge on any atom is 0.318 e. The van der Waals surface area contributed by atoms with Crippen molar-refractivity contribution in [3.63, 3.8) is 0 Å². The third kappa shape index (κ3) is 3.78. The predicted molar refractivity (Wildman–Crippen MR) is 118 cm³/mol. The number of carbonyl (C=O) groups excluding carboxylic acids is 2. The quantitative estimate of drug-likeness (QED) is 0.682. The highest BCUT2D eigenvalue weighted by molar-refractivity contribution is 5.89. The zero-order chi connectivity index (χ0) is 21.4. The van der Waals surface area contributed by atoms with E-state index in [1.54, 1.807) is 0 Å². The maximum absolute atomic E-state index is 12.8. The Hall–Kier alpha value is -3.29. The summed E-state index contributed by atoms with van der Waals surface area (Å²) in [6.07, 6.45) is 7.17. The zero-order valence-electron chi connectivity index (χ0n) is 17.8. The van der Waals surface area contributed by atoms with Gasteiger partial charge in [0, 0.05) is 61.6 Å². The molecule has 162 valence electrons. The molecule has 2 aliphatic rings. The van der Waals surface area contributed by atoms with Gasteiger partial charge in [0.15, 0.2) is 0 Å². The maximum atomic E-state index is 12.8. The van der Waals surface area contributed by atoms with Gasteiger partial charge in [-0.05, 0) is 30.9 Å². The number of amides is 3. The van der Waals surface area contributed by atoms with E-state index in [0.717, 1.165) is 41.3 Å². The van der Waals surface area contributed by atoms with Crippen molar-refractivity contribution in [1.29, 1.82) is 0 Å². The number of carbonyl (C=O) groups is 2. The van der Waals surface area contributed by atoms with Crippen LogP contribution in [0.1, 0.15) is 35.7 Å². The average molecular weight is 421 g/mol. The minimum atomic E-state index is -0.0505. The monoisotopic (exact) mass is 420 g/mol. The smallest absolute Gasteiger partial charge is 0.318 e. The number of nitrogens with zero attached hydrogens (tertiary/aromatic N) is 4. The molecule has 1 aliphatic carbocycles. The van der Waals surface area contributed by atoms with Gasteiger partial charge in [-0.25, -0.2) is 4.79 Å². The molecule has 31 heavy (non-hydrogen) atoms. The largest absolute Gasteiger partial charge is 0.361 e. The summed E-state index contributed by atoms with van der Waals surface area (Å²) in [4.78, 5) is 32.6. The first kappa shape index (κ1) is 19.7. The Labute approximate surface area is 181 Å². The summed E-state index contributed by atoms with van der Waals surface area (Å²) >= 11 is 0. The SMILES string of the molecule is Cn1ncc2c1CCC[C@@H]2NC(=O)N1CCN(C(=O)Cc2c[nH]c3ccccc23)CC1. The van der Waals surface area contributed by atoms with Gasteiger partial charge < -0.3 is 20.1 Å². The molecule has 2 N–H and O–H groups in total. The summed E-state index contributed by atoms with van der Waals surface area (Å²) in [5, 5.41) is 8.63. The predicted octanol–water partition coefficient (Wildman–Crippen LogP) is 2.38. The minimum Gasteiger partial charge on any atom is -0.361 e. The number of fused-ring (bicyclic) bond motifs is 2. The normalized spacial score (nSPS) is 18.8. The minimum absolute atomic E-state index is 0.0199. The Balaban J connectivity index is 1.16. The van der Waals surface area contributed by atoms with Crippen LogP contribution in [0.25, 0.3) is 10.9 Å². The molecule has 1 atom stereocenters. The van der Waals surface area contributed by atoms with Gasteiger partial charge in [0.2, 0.25) is 5.91 Å². The number of aryl methyl sites for hydroxylation is 1. The number of aromatic nitrogens is 3. The Morgan fingerprint density at radius 3 is 2.77 bits per heavy atom. The van der Waals surface area contributed by atoms with Crippen molar-refractivity contribution in [3.05, 3.63) is 53.5 Å². The van der Waals surface area contributed by atoms with Crippen LogP contribution in [0, 0.1) is 0 Å². The number of aromatic amines is 1. The van der Waals surface area contributed by atoms with Crippen molar-refractivity contribution in [1.82, 2.24) is 29.9 Å². The van der Waals surface area contributed by atoms with Crippen molar-refractivity contribution < 1.29 is 9.59 Å². The van der Waals surface area contributed by atoms with Crippen LogP contribution >= 0.6 is 0 Å². The molecule has 1 aliphatic heterocycles. The molecule has 1 fully saturated rings. The first-order valence-electron chi connectivity index (χ1n) is 11.0. The molecule has 0 saturated carbocycles. The van der Waals surface area contributed by atoms with Crippen molar-refractivity contribution >= 4 is 22.8 Å². The second kappa shape index (κ2) is 8.09. The van der Waals surface area contributed by atoms with Gasteiger partial charge in [-0.3, -0.25) is 9.48 Å². The highest BCUT2D eigenvalue weighted by Gasteiger charge is 2.29. The summed E-state index contributed by atoms with van der Waals surface area (Å²) in [6, 6.07) is 7.99. The molecule has 5 rings (SSSR count). The molecule has 8 nitrogen and oxygen atoms in total. The molecule has 1 saturated heterocycles. The lowest BCUT2D eigenvalue weighted by Gasteiger charge is -2.36. The summed E-state index contributed by atoms with van der Waals surface area (Å²) in [7, 11) is 1.95. The number of rotatable bonds is 3. The van der Waals surface area contributed by atoms with Gasteiger partial charge in [-0.2, -0.15) is 5.10 Å². The Kier molecular flexibility index (Phi) is 5.13. The lowest BCUT2D eigenvalue weighted by Crippen LogP contribution is -2.54. The topological polar surface area (TPSA) is 86.3 Å². The van der Waals surface area contributed by atoms with Crippen LogP contribution in [0.15, 0.2) is 36.7 Å². The van der Waals surface area contributed by atoms with Gasteiger partial charge in [0.25, 0.3) is 0 Å². The first-order valence-corrected chi connectivity index (χ1v) is 11.0. The number of benzene rings is 1. The molecule has 0 radical (unpaired) electrons. The van der Waals surface area contributed by atoms with Gasteiger partial charge in [0.05, 0.1) is 18.7 Å². The Bertz CT molecular complexity index is 1110. The van der Waals surface area contributed by atoms with Crippen molar-refractivity contribution in [2.75, 3.05) is 26.2 Å². The number of nitrogens with one attached hydrogen (secondary N) is 2. The molecule has 0 spiro atoms. The number of urea groups is 1. The molecular formula is C23H28N6O2. The van der Waals surface area contributed by atoms with Crippen LogP contribution in [0.4, 0.5) is 4.79 Å². The molecule has 3 amide bonds. The number of hydrogen-bond acceptors (Lipinski definition) is 3. The molecular weight excluding hydrogens is 392 g/mol. The summed E-state index contributed by atoms with van der Waals surface area (Å²) < 4.78 is 1.91. The van der Waals surface area contributed by atoms with Crippen LogP contribution in [0.2, 0.25) is 0 Å². The molecule has 3 aromatic rings. The zero-order valence-corrected chi connectivity index (χ0v) is 17.8. The first-order chi connectivity index (χ1) is 15.1. The second-order valence-electron chi connectivity index (χ2n) is 8.47. The molecule has 1 aromatic carbocycles. The van der Waals surface area contributed by atoms with E-state index in [0.29, 0.717) is 32.6 Å². The van der Waals surface area contributed by atoms with E-state index in [2.05, 4.69) is 15.4 Å². The molecule has 0 bridgehead atoms. The van der Waals surface area contributed by atoms with Crippen molar-refractivity contribution in [3.8, 4) is 0 Å². The standard InChI is InChI=1S/C23H28N6O2/c1-27-21-8-4-7-20(18(21)15-25-27)26-23(31)29-11-9-28(10-12-29)22(30)13-16-14-24-19-6-3-2-5-17(16)19/h2-3,5-6,14-15,20,24H,4,7-13H2,1H3,(H,26,31)/t20-/m0/s1. The van der Waals surface area contributed by atoms with E-state index < -0.39 is 0 Å². The Morgan fingerprint density at radius 2 is 1.94 bits per heavy atom. The lowest BCUT2D eigenvalue weighted by molar-refractivity contribution is -0.131. The number of piperazine rings is 1. The van der Waals surface area contributed by atoms with E-state index in [1.165, 1.54) is 5.69 Å². The summed E-state index contributed by atoms with van der Waals surface area (Å²) in [6.45, 7) is 2.24.